The van der Waals surface area contributed by atoms with Crippen LogP contribution >= 0.6 is 0 Å². The van der Waals surface area contributed by atoms with E-state index in [-0.39, 0.29) is 10.6 Å². The highest BCUT2D eigenvalue weighted by Crippen LogP contribution is 2.16. The van der Waals surface area contributed by atoms with Gasteiger partial charge < -0.3 is 5.73 Å². The first-order chi connectivity index (χ1) is 6.50. The summed E-state index contributed by atoms with van der Waals surface area (Å²) in [6.07, 6.45) is -2.72. The number of nitrogen functional groups attached to an aromatic ring is 1. The molecule has 1 unspecified atom stereocenters. The zero-order chi connectivity index (χ0) is 10.7. The number of anilines is 1. The highest BCUT2D eigenvalue weighted by Gasteiger charge is 2.15. The van der Waals surface area contributed by atoms with Crippen molar-refractivity contribution < 1.29 is 17.4 Å². The van der Waals surface area contributed by atoms with Gasteiger partial charge in [-0.05, 0) is 18.2 Å². The maximum absolute atomic E-state index is 13.0. The molecular formula is C8H8F3NOS. The number of hydrogen-bond acceptors (Lipinski definition) is 2. The minimum absolute atomic E-state index is 0.167. The van der Waals surface area contributed by atoms with E-state index in [4.69, 9.17) is 5.73 Å². The monoisotopic (exact) mass is 223 g/mol. The van der Waals surface area contributed by atoms with Crippen molar-refractivity contribution in [3.8, 4) is 0 Å². The van der Waals surface area contributed by atoms with E-state index in [9.17, 15) is 17.4 Å². The highest BCUT2D eigenvalue weighted by molar-refractivity contribution is 7.85. The van der Waals surface area contributed by atoms with Crippen LogP contribution in [0, 0.1) is 5.82 Å². The molecule has 0 aromatic heterocycles. The van der Waals surface area contributed by atoms with E-state index < -0.39 is 28.8 Å². The molecule has 0 aliphatic heterocycles. The Balaban J connectivity index is 2.90. The molecule has 78 valence electrons. The van der Waals surface area contributed by atoms with Crippen LogP contribution < -0.4 is 5.73 Å². The third kappa shape index (κ3) is 2.73. The third-order valence-corrected chi connectivity index (χ3v) is 2.85. The first-order valence-electron chi connectivity index (χ1n) is 3.72. The quantitative estimate of drug-likeness (QED) is 0.794. The maximum atomic E-state index is 13.0. The average Bonchev–Trinajstić information content (AvgIpc) is 2.01. The van der Waals surface area contributed by atoms with Crippen LogP contribution in [0.1, 0.15) is 0 Å². The number of halogens is 3. The lowest BCUT2D eigenvalue weighted by molar-refractivity contribution is 0.175. The molecule has 0 saturated carbocycles. The van der Waals surface area contributed by atoms with Crippen LogP contribution in [0.25, 0.3) is 0 Å². The molecule has 1 atom stereocenters. The Morgan fingerprint density at radius 2 is 2.07 bits per heavy atom. The van der Waals surface area contributed by atoms with Crippen LogP contribution in [-0.4, -0.2) is 16.4 Å². The Labute approximate surface area is 81.4 Å². The van der Waals surface area contributed by atoms with E-state index in [1.807, 2.05) is 0 Å². The number of benzene rings is 1. The Morgan fingerprint density at radius 3 is 2.57 bits per heavy atom. The Hall–Kier alpha value is -1.04. The van der Waals surface area contributed by atoms with Gasteiger partial charge >= 0.3 is 0 Å². The SMILES string of the molecule is Nc1ccc(S(=O)CC(F)F)c(F)c1. The molecule has 0 amide bonds. The summed E-state index contributed by atoms with van der Waals surface area (Å²) in [5, 5.41) is 0. The van der Waals surface area contributed by atoms with Crippen LogP contribution in [0.5, 0.6) is 0 Å². The van der Waals surface area contributed by atoms with Gasteiger partial charge in [0.2, 0.25) is 6.43 Å². The fourth-order valence-corrected chi connectivity index (χ4v) is 1.81. The largest absolute Gasteiger partial charge is 0.399 e. The smallest absolute Gasteiger partial charge is 0.250 e. The lowest BCUT2D eigenvalue weighted by Crippen LogP contribution is -2.08. The molecule has 6 heteroatoms. The number of rotatable bonds is 3. The lowest BCUT2D eigenvalue weighted by Gasteiger charge is -2.03. The highest BCUT2D eigenvalue weighted by atomic mass is 32.2. The zero-order valence-corrected chi connectivity index (χ0v) is 7.86. The van der Waals surface area contributed by atoms with Gasteiger partial charge in [0, 0.05) is 5.69 Å². The van der Waals surface area contributed by atoms with E-state index in [2.05, 4.69) is 0 Å². The van der Waals surface area contributed by atoms with E-state index in [0.717, 1.165) is 12.1 Å². The summed E-state index contributed by atoms with van der Waals surface area (Å²) in [4.78, 5) is -0.237. The number of hydrogen-bond donors (Lipinski definition) is 1. The van der Waals surface area contributed by atoms with Crippen molar-refractivity contribution in [2.24, 2.45) is 0 Å². The summed E-state index contributed by atoms with van der Waals surface area (Å²) >= 11 is 0. The maximum Gasteiger partial charge on any atom is 0.250 e. The molecule has 1 aromatic rings. The van der Waals surface area contributed by atoms with Crippen molar-refractivity contribution in [2.75, 3.05) is 11.5 Å². The van der Waals surface area contributed by atoms with Crippen LogP contribution in [0.2, 0.25) is 0 Å². The third-order valence-electron chi connectivity index (χ3n) is 1.48. The van der Waals surface area contributed by atoms with Gasteiger partial charge in [0.1, 0.15) is 5.82 Å². The summed E-state index contributed by atoms with van der Waals surface area (Å²) < 4.78 is 47.9. The standard InChI is InChI=1S/C8H8F3NOS/c9-6-3-5(12)1-2-7(6)14(13)4-8(10)11/h1-3,8H,4,12H2. The predicted octanol–water partition coefficient (Wildman–Crippen LogP) is 1.78. The molecule has 0 bridgehead atoms. The molecule has 0 saturated heterocycles. The Kier molecular flexibility index (Phi) is 3.51. The molecule has 2 nitrogen and oxygen atoms in total. The van der Waals surface area contributed by atoms with Gasteiger partial charge in [-0.25, -0.2) is 13.2 Å². The molecule has 0 fully saturated rings. The fourth-order valence-electron chi connectivity index (χ4n) is 0.906. The van der Waals surface area contributed by atoms with Gasteiger partial charge in [0.15, 0.2) is 0 Å². The molecular weight excluding hydrogens is 215 g/mol. The Morgan fingerprint density at radius 1 is 1.43 bits per heavy atom. The van der Waals surface area contributed by atoms with Crippen molar-refractivity contribution in [3.05, 3.63) is 24.0 Å². The average molecular weight is 223 g/mol. The molecule has 14 heavy (non-hydrogen) atoms. The van der Waals surface area contributed by atoms with Gasteiger partial charge in [-0.3, -0.25) is 4.21 Å². The van der Waals surface area contributed by atoms with E-state index in [0.29, 0.717) is 0 Å². The first kappa shape index (κ1) is 11.0. The molecule has 0 aliphatic rings. The van der Waals surface area contributed by atoms with E-state index in [1.54, 1.807) is 0 Å². The normalized spacial score (nSPS) is 13.1. The summed E-state index contributed by atoms with van der Waals surface area (Å²) in [5.74, 6) is -1.68. The van der Waals surface area contributed by atoms with Gasteiger partial charge in [0.25, 0.3) is 0 Å². The second kappa shape index (κ2) is 4.45. The van der Waals surface area contributed by atoms with Gasteiger partial charge in [-0.2, -0.15) is 0 Å². The molecule has 0 aliphatic carbocycles. The molecule has 1 rings (SSSR count). The van der Waals surface area contributed by atoms with Crippen molar-refractivity contribution in [1.82, 2.24) is 0 Å². The summed E-state index contributed by atoms with van der Waals surface area (Å²) in [6, 6.07) is 3.43. The van der Waals surface area contributed by atoms with Crippen molar-refractivity contribution >= 4 is 16.5 Å². The second-order valence-corrected chi connectivity index (χ2v) is 4.06. The molecule has 0 heterocycles. The number of alkyl halides is 2. The lowest BCUT2D eigenvalue weighted by atomic mass is 10.3. The minimum Gasteiger partial charge on any atom is -0.399 e. The minimum atomic E-state index is -2.72. The molecule has 2 N–H and O–H groups in total. The second-order valence-electron chi connectivity index (χ2n) is 2.59. The first-order valence-corrected chi connectivity index (χ1v) is 5.04. The summed E-state index contributed by atoms with van der Waals surface area (Å²) in [5.41, 5.74) is 5.41. The van der Waals surface area contributed by atoms with Gasteiger partial charge in [-0.1, -0.05) is 0 Å². The molecule has 0 radical (unpaired) electrons. The molecule has 1 aromatic carbocycles. The van der Waals surface area contributed by atoms with Crippen molar-refractivity contribution in [3.63, 3.8) is 0 Å². The summed E-state index contributed by atoms with van der Waals surface area (Å²) in [6.45, 7) is 0. The fraction of sp³-hybridized carbons (Fsp3) is 0.250. The van der Waals surface area contributed by atoms with Crippen LogP contribution in [0.4, 0.5) is 18.9 Å². The van der Waals surface area contributed by atoms with Crippen LogP contribution in [-0.2, 0) is 10.8 Å². The number of nitrogens with two attached hydrogens (primary N) is 1. The van der Waals surface area contributed by atoms with Crippen molar-refractivity contribution in [2.45, 2.75) is 11.3 Å². The van der Waals surface area contributed by atoms with E-state index in [1.165, 1.54) is 6.07 Å². The predicted molar refractivity (Wildman–Crippen MR) is 48.1 cm³/mol. The van der Waals surface area contributed by atoms with E-state index >= 15 is 0 Å². The zero-order valence-electron chi connectivity index (χ0n) is 7.04. The Bertz CT molecular complexity index is 356. The van der Waals surface area contributed by atoms with Gasteiger partial charge in [0.05, 0.1) is 21.4 Å². The van der Waals surface area contributed by atoms with Gasteiger partial charge in [-0.15, -0.1) is 0 Å². The van der Waals surface area contributed by atoms with Crippen molar-refractivity contribution in [1.29, 1.82) is 0 Å². The topological polar surface area (TPSA) is 43.1 Å². The summed E-state index contributed by atoms with van der Waals surface area (Å²) in [7, 11) is -2.01. The molecule has 0 spiro atoms. The van der Waals surface area contributed by atoms with Crippen LogP contribution in [0.3, 0.4) is 0 Å². The van der Waals surface area contributed by atoms with Crippen LogP contribution in [0.15, 0.2) is 23.1 Å².